The first-order valence-electron chi connectivity index (χ1n) is 8.35. The zero-order valence-corrected chi connectivity index (χ0v) is 14.0. The molecule has 0 aliphatic carbocycles. The number of imidazole rings is 1. The number of pyridine rings is 2. The molecule has 0 aromatic carbocycles. The molecule has 0 atom stereocenters. The molecular formula is C19H25N5. The monoisotopic (exact) mass is 323 g/mol. The minimum atomic E-state index is 0.705. The molecule has 0 spiro atoms. The SMILES string of the molecule is NCCc1cn2c(n1)CCCC2.c1ccncc1.c1ccncc1. The molecule has 0 fully saturated rings. The minimum absolute atomic E-state index is 0.705. The third-order valence-electron chi connectivity index (χ3n) is 3.49. The van der Waals surface area contributed by atoms with E-state index in [0.717, 1.165) is 25.1 Å². The Morgan fingerprint density at radius 1 is 0.875 bits per heavy atom. The van der Waals surface area contributed by atoms with Crippen LogP contribution < -0.4 is 5.73 Å². The van der Waals surface area contributed by atoms with Crippen LogP contribution in [-0.4, -0.2) is 26.1 Å². The number of hydrogen-bond acceptors (Lipinski definition) is 4. The van der Waals surface area contributed by atoms with Gasteiger partial charge in [-0.1, -0.05) is 12.1 Å². The predicted octanol–water partition coefficient (Wildman–Crippen LogP) is 2.88. The third kappa shape index (κ3) is 6.71. The van der Waals surface area contributed by atoms with E-state index < -0.39 is 0 Å². The molecule has 1 aliphatic rings. The molecule has 5 heteroatoms. The van der Waals surface area contributed by atoms with Crippen molar-refractivity contribution in [3.05, 3.63) is 78.9 Å². The van der Waals surface area contributed by atoms with Gasteiger partial charge in [0.1, 0.15) is 5.82 Å². The van der Waals surface area contributed by atoms with E-state index in [4.69, 9.17) is 5.73 Å². The number of fused-ring (bicyclic) bond motifs is 1. The molecule has 0 amide bonds. The van der Waals surface area contributed by atoms with Gasteiger partial charge in [-0.25, -0.2) is 4.98 Å². The number of aromatic nitrogens is 4. The van der Waals surface area contributed by atoms with E-state index in [2.05, 4.69) is 25.7 Å². The highest BCUT2D eigenvalue weighted by molar-refractivity contribution is 5.06. The van der Waals surface area contributed by atoms with E-state index in [-0.39, 0.29) is 0 Å². The van der Waals surface area contributed by atoms with E-state index in [0.29, 0.717) is 6.54 Å². The lowest BCUT2D eigenvalue weighted by atomic mass is 10.2. The molecule has 0 saturated carbocycles. The second-order valence-corrected chi connectivity index (χ2v) is 5.39. The predicted molar refractivity (Wildman–Crippen MR) is 96.4 cm³/mol. The lowest BCUT2D eigenvalue weighted by molar-refractivity contribution is 0.522. The Bertz CT molecular complexity index is 544. The highest BCUT2D eigenvalue weighted by Crippen LogP contribution is 2.14. The Morgan fingerprint density at radius 3 is 1.92 bits per heavy atom. The quantitative estimate of drug-likeness (QED) is 0.787. The van der Waals surface area contributed by atoms with Gasteiger partial charge in [0.25, 0.3) is 0 Å². The van der Waals surface area contributed by atoms with E-state index in [9.17, 15) is 0 Å². The van der Waals surface area contributed by atoms with Gasteiger partial charge in [0, 0.05) is 50.4 Å². The number of nitrogens with two attached hydrogens (primary N) is 1. The summed E-state index contributed by atoms with van der Waals surface area (Å²) in [6.45, 7) is 1.85. The lowest BCUT2D eigenvalue weighted by Crippen LogP contribution is -2.08. The summed E-state index contributed by atoms with van der Waals surface area (Å²) in [4.78, 5) is 12.1. The topological polar surface area (TPSA) is 69.6 Å². The highest BCUT2D eigenvalue weighted by Gasteiger charge is 2.10. The maximum atomic E-state index is 5.47. The Labute approximate surface area is 143 Å². The van der Waals surface area contributed by atoms with Crippen LogP contribution in [0.3, 0.4) is 0 Å². The number of rotatable bonds is 2. The normalized spacial score (nSPS) is 12.0. The van der Waals surface area contributed by atoms with Gasteiger partial charge < -0.3 is 10.3 Å². The smallest absolute Gasteiger partial charge is 0.108 e. The van der Waals surface area contributed by atoms with Gasteiger partial charge in [0.15, 0.2) is 0 Å². The summed E-state index contributed by atoms with van der Waals surface area (Å²) < 4.78 is 2.27. The fourth-order valence-electron chi connectivity index (χ4n) is 2.37. The molecule has 126 valence electrons. The first-order valence-corrected chi connectivity index (χ1v) is 8.35. The highest BCUT2D eigenvalue weighted by atomic mass is 15.1. The summed E-state index contributed by atoms with van der Waals surface area (Å²) >= 11 is 0. The third-order valence-corrected chi connectivity index (χ3v) is 3.49. The van der Waals surface area contributed by atoms with Crippen molar-refractivity contribution >= 4 is 0 Å². The number of hydrogen-bond donors (Lipinski definition) is 1. The standard InChI is InChI=1S/C9H15N3.2C5H5N/c10-5-4-8-7-12-6-2-1-3-9(12)11-8;2*1-2-4-6-5-3-1/h7H,1-6,10H2;2*1-5H. The Kier molecular flexibility index (Phi) is 8.22. The van der Waals surface area contributed by atoms with Crippen LogP contribution in [0.1, 0.15) is 24.4 Å². The van der Waals surface area contributed by atoms with Gasteiger partial charge in [-0.2, -0.15) is 0 Å². The van der Waals surface area contributed by atoms with Gasteiger partial charge in [0.2, 0.25) is 0 Å². The maximum Gasteiger partial charge on any atom is 0.108 e. The Hall–Kier alpha value is -2.53. The fourth-order valence-corrected chi connectivity index (χ4v) is 2.37. The molecule has 1 aliphatic heterocycles. The second kappa shape index (κ2) is 11.1. The van der Waals surface area contributed by atoms with Crippen LogP contribution in [0.4, 0.5) is 0 Å². The average Bonchev–Trinajstić information content (AvgIpc) is 3.08. The molecule has 3 aromatic heterocycles. The molecule has 2 N–H and O–H groups in total. The number of nitrogens with zero attached hydrogens (tertiary/aromatic N) is 4. The Morgan fingerprint density at radius 2 is 1.50 bits per heavy atom. The van der Waals surface area contributed by atoms with Crippen LogP contribution in [0.25, 0.3) is 0 Å². The van der Waals surface area contributed by atoms with Crippen molar-refractivity contribution in [2.45, 2.75) is 32.2 Å². The first-order chi connectivity index (χ1) is 11.9. The molecule has 3 aromatic rings. The van der Waals surface area contributed by atoms with Gasteiger partial charge in [0.05, 0.1) is 5.69 Å². The van der Waals surface area contributed by atoms with E-state index >= 15 is 0 Å². The van der Waals surface area contributed by atoms with E-state index in [1.807, 2.05) is 36.4 Å². The van der Waals surface area contributed by atoms with Crippen LogP contribution >= 0.6 is 0 Å². The van der Waals surface area contributed by atoms with Gasteiger partial charge in [-0.05, 0) is 43.7 Å². The molecule has 24 heavy (non-hydrogen) atoms. The first kappa shape index (κ1) is 17.8. The number of aryl methyl sites for hydroxylation is 2. The van der Waals surface area contributed by atoms with Crippen molar-refractivity contribution in [3.63, 3.8) is 0 Å². The lowest BCUT2D eigenvalue weighted by Gasteiger charge is -2.11. The van der Waals surface area contributed by atoms with Crippen molar-refractivity contribution in [3.8, 4) is 0 Å². The fraction of sp³-hybridized carbons (Fsp3) is 0.316. The zero-order chi connectivity index (χ0) is 16.9. The van der Waals surface area contributed by atoms with Crippen LogP contribution in [0, 0.1) is 0 Å². The Balaban J connectivity index is 0.000000146. The van der Waals surface area contributed by atoms with Gasteiger partial charge >= 0.3 is 0 Å². The van der Waals surface area contributed by atoms with Crippen molar-refractivity contribution in [1.29, 1.82) is 0 Å². The van der Waals surface area contributed by atoms with Crippen molar-refractivity contribution in [2.75, 3.05) is 6.54 Å². The van der Waals surface area contributed by atoms with Crippen LogP contribution in [0.15, 0.2) is 67.4 Å². The summed E-state index contributed by atoms with van der Waals surface area (Å²) in [5, 5.41) is 0. The largest absolute Gasteiger partial charge is 0.335 e. The van der Waals surface area contributed by atoms with Crippen molar-refractivity contribution < 1.29 is 0 Å². The summed E-state index contributed by atoms with van der Waals surface area (Å²) in [5.74, 6) is 1.25. The molecule has 0 saturated heterocycles. The zero-order valence-electron chi connectivity index (χ0n) is 14.0. The second-order valence-electron chi connectivity index (χ2n) is 5.39. The van der Waals surface area contributed by atoms with Crippen molar-refractivity contribution in [2.24, 2.45) is 5.73 Å². The molecule has 0 unspecified atom stereocenters. The molecule has 5 nitrogen and oxygen atoms in total. The summed E-state index contributed by atoms with van der Waals surface area (Å²) in [5.41, 5.74) is 6.63. The summed E-state index contributed by atoms with van der Waals surface area (Å²) in [6.07, 6.45) is 13.8. The van der Waals surface area contributed by atoms with E-state index in [1.54, 1.807) is 24.8 Å². The van der Waals surface area contributed by atoms with Crippen LogP contribution in [-0.2, 0) is 19.4 Å². The average molecular weight is 323 g/mol. The van der Waals surface area contributed by atoms with Gasteiger partial charge in [-0.3, -0.25) is 9.97 Å². The molecule has 0 bridgehead atoms. The maximum absolute atomic E-state index is 5.47. The molecule has 4 rings (SSSR count). The van der Waals surface area contributed by atoms with Gasteiger partial charge in [-0.15, -0.1) is 0 Å². The molecule has 0 radical (unpaired) electrons. The van der Waals surface area contributed by atoms with Crippen LogP contribution in [0.5, 0.6) is 0 Å². The van der Waals surface area contributed by atoms with E-state index in [1.165, 1.54) is 18.7 Å². The molecular weight excluding hydrogens is 298 g/mol. The summed E-state index contributed by atoms with van der Waals surface area (Å²) in [6, 6.07) is 11.4. The van der Waals surface area contributed by atoms with Crippen molar-refractivity contribution in [1.82, 2.24) is 19.5 Å². The molecule has 4 heterocycles. The summed E-state index contributed by atoms with van der Waals surface area (Å²) in [7, 11) is 0. The van der Waals surface area contributed by atoms with Crippen LogP contribution in [0.2, 0.25) is 0 Å². The minimum Gasteiger partial charge on any atom is -0.335 e.